The topological polar surface area (TPSA) is 46.2 Å². The molecule has 0 fully saturated rings. The Morgan fingerprint density at radius 2 is 1.81 bits per heavy atom. The maximum atomic E-state index is 12.6. The van der Waals surface area contributed by atoms with Crippen LogP contribution in [0, 0.1) is 13.8 Å². The minimum absolute atomic E-state index is 0.118. The third kappa shape index (κ3) is 2.74. The second-order valence-electron chi connectivity index (χ2n) is 5.66. The summed E-state index contributed by atoms with van der Waals surface area (Å²) in [4.78, 5) is 0.343. The van der Waals surface area contributed by atoms with E-state index in [1.54, 1.807) is 12.1 Å². The summed E-state index contributed by atoms with van der Waals surface area (Å²) in [5.41, 5.74) is 4.43. The van der Waals surface area contributed by atoms with Gasteiger partial charge in [0.25, 0.3) is 0 Å². The van der Waals surface area contributed by atoms with Crippen molar-refractivity contribution < 1.29 is 8.42 Å². The summed E-state index contributed by atoms with van der Waals surface area (Å²) in [6.07, 6.45) is 1.75. The molecule has 0 saturated heterocycles. The average Bonchev–Trinajstić information content (AvgIpc) is 2.85. The normalized spacial score (nSPS) is 17.7. The molecule has 1 N–H and O–H groups in total. The largest absolute Gasteiger partial charge is 0.241 e. The smallest absolute Gasteiger partial charge is 0.207 e. The van der Waals surface area contributed by atoms with Crippen molar-refractivity contribution in [3.8, 4) is 0 Å². The Morgan fingerprint density at radius 3 is 2.57 bits per heavy atom. The Labute approximate surface area is 126 Å². The van der Waals surface area contributed by atoms with Gasteiger partial charge in [0.15, 0.2) is 0 Å². The van der Waals surface area contributed by atoms with Gasteiger partial charge in [0.05, 0.1) is 4.90 Å². The van der Waals surface area contributed by atoms with Crippen LogP contribution in [0.5, 0.6) is 0 Å². The van der Waals surface area contributed by atoms with Crippen LogP contribution in [0.2, 0.25) is 0 Å². The van der Waals surface area contributed by atoms with E-state index < -0.39 is 10.0 Å². The number of rotatable bonds is 3. The van der Waals surface area contributed by atoms with Gasteiger partial charge in [-0.05, 0) is 61.1 Å². The molecule has 3 rings (SSSR count). The Kier molecular flexibility index (Phi) is 3.59. The zero-order valence-corrected chi connectivity index (χ0v) is 13.1. The third-order valence-electron chi connectivity index (χ3n) is 4.22. The SMILES string of the molecule is Cc1ccc(S(=O)(=O)N[C@H]2CCc3ccccc32)cc1C. The Balaban J connectivity index is 1.89. The van der Waals surface area contributed by atoms with Gasteiger partial charge < -0.3 is 0 Å². The molecular formula is C17H19NO2S. The predicted octanol–water partition coefficient (Wildman–Crippen LogP) is 3.27. The lowest BCUT2D eigenvalue weighted by atomic mass is 10.1. The number of fused-ring (bicyclic) bond motifs is 1. The van der Waals surface area contributed by atoms with Crippen molar-refractivity contribution >= 4 is 10.0 Å². The van der Waals surface area contributed by atoms with Crippen molar-refractivity contribution in [2.24, 2.45) is 0 Å². The van der Waals surface area contributed by atoms with E-state index in [4.69, 9.17) is 0 Å². The fraction of sp³-hybridized carbons (Fsp3) is 0.294. The average molecular weight is 301 g/mol. The van der Waals surface area contributed by atoms with Gasteiger partial charge in [-0.3, -0.25) is 0 Å². The summed E-state index contributed by atoms with van der Waals surface area (Å²) in [6, 6.07) is 13.2. The van der Waals surface area contributed by atoms with Crippen LogP contribution in [0.15, 0.2) is 47.4 Å². The highest BCUT2D eigenvalue weighted by Crippen LogP contribution is 2.32. The molecule has 0 aliphatic heterocycles. The van der Waals surface area contributed by atoms with Crippen LogP contribution in [0.25, 0.3) is 0 Å². The predicted molar refractivity (Wildman–Crippen MR) is 83.7 cm³/mol. The number of benzene rings is 2. The number of sulfonamides is 1. The molecule has 0 aromatic heterocycles. The molecule has 0 saturated carbocycles. The molecule has 1 aliphatic carbocycles. The summed E-state index contributed by atoms with van der Waals surface area (Å²) in [7, 11) is -3.48. The Bertz CT molecular complexity index is 781. The molecule has 21 heavy (non-hydrogen) atoms. The van der Waals surface area contributed by atoms with Crippen LogP contribution in [-0.2, 0) is 16.4 Å². The van der Waals surface area contributed by atoms with E-state index in [0.717, 1.165) is 29.5 Å². The van der Waals surface area contributed by atoms with Gasteiger partial charge in [0.2, 0.25) is 10.0 Å². The summed E-state index contributed by atoms with van der Waals surface area (Å²) in [6.45, 7) is 3.91. The van der Waals surface area contributed by atoms with Gasteiger partial charge >= 0.3 is 0 Å². The Hall–Kier alpha value is -1.65. The fourth-order valence-corrected chi connectivity index (χ4v) is 4.15. The van der Waals surface area contributed by atoms with Crippen molar-refractivity contribution in [1.82, 2.24) is 4.72 Å². The first-order valence-electron chi connectivity index (χ1n) is 7.15. The molecule has 110 valence electrons. The van der Waals surface area contributed by atoms with E-state index in [2.05, 4.69) is 10.8 Å². The van der Waals surface area contributed by atoms with Crippen molar-refractivity contribution in [2.75, 3.05) is 0 Å². The molecule has 0 heterocycles. The van der Waals surface area contributed by atoms with E-state index in [0.29, 0.717) is 4.90 Å². The van der Waals surface area contributed by atoms with Crippen LogP contribution < -0.4 is 4.72 Å². The van der Waals surface area contributed by atoms with Gasteiger partial charge in [-0.1, -0.05) is 30.3 Å². The minimum Gasteiger partial charge on any atom is -0.207 e. The molecule has 0 unspecified atom stereocenters. The number of aryl methyl sites for hydroxylation is 3. The molecule has 2 aromatic carbocycles. The van der Waals surface area contributed by atoms with Crippen LogP contribution >= 0.6 is 0 Å². The summed E-state index contributed by atoms with van der Waals surface area (Å²) >= 11 is 0. The van der Waals surface area contributed by atoms with Crippen LogP contribution in [0.3, 0.4) is 0 Å². The fourth-order valence-electron chi connectivity index (χ4n) is 2.82. The molecule has 4 heteroatoms. The van der Waals surface area contributed by atoms with Crippen molar-refractivity contribution in [3.05, 3.63) is 64.7 Å². The van der Waals surface area contributed by atoms with Crippen LogP contribution in [0.4, 0.5) is 0 Å². The lowest BCUT2D eigenvalue weighted by Crippen LogP contribution is -2.27. The Morgan fingerprint density at radius 1 is 1.05 bits per heavy atom. The van der Waals surface area contributed by atoms with E-state index >= 15 is 0 Å². The van der Waals surface area contributed by atoms with E-state index in [1.807, 2.05) is 38.1 Å². The first-order chi connectivity index (χ1) is 9.97. The second kappa shape index (κ2) is 5.28. The summed E-state index contributed by atoms with van der Waals surface area (Å²) in [5.74, 6) is 0. The van der Waals surface area contributed by atoms with E-state index in [-0.39, 0.29) is 6.04 Å². The van der Waals surface area contributed by atoms with Crippen LogP contribution in [-0.4, -0.2) is 8.42 Å². The quantitative estimate of drug-likeness (QED) is 0.945. The monoisotopic (exact) mass is 301 g/mol. The highest BCUT2D eigenvalue weighted by Gasteiger charge is 2.27. The highest BCUT2D eigenvalue weighted by atomic mass is 32.2. The number of hydrogen-bond donors (Lipinski definition) is 1. The maximum absolute atomic E-state index is 12.6. The van der Waals surface area contributed by atoms with Crippen molar-refractivity contribution in [2.45, 2.75) is 37.6 Å². The molecular weight excluding hydrogens is 282 g/mol. The molecule has 0 radical (unpaired) electrons. The van der Waals surface area contributed by atoms with Gasteiger partial charge in [0, 0.05) is 6.04 Å². The first-order valence-corrected chi connectivity index (χ1v) is 8.63. The van der Waals surface area contributed by atoms with Crippen LogP contribution in [0.1, 0.15) is 34.7 Å². The maximum Gasteiger partial charge on any atom is 0.241 e. The third-order valence-corrected chi connectivity index (χ3v) is 5.69. The lowest BCUT2D eigenvalue weighted by Gasteiger charge is -2.15. The molecule has 0 spiro atoms. The van der Waals surface area contributed by atoms with E-state index in [1.165, 1.54) is 5.56 Å². The van der Waals surface area contributed by atoms with Gasteiger partial charge in [0.1, 0.15) is 0 Å². The molecule has 2 aromatic rings. The van der Waals surface area contributed by atoms with Gasteiger partial charge in [-0.15, -0.1) is 0 Å². The lowest BCUT2D eigenvalue weighted by molar-refractivity contribution is 0.554. The van der Waals surface area contributed by atoms with Crippen molar-refractivity contribution in [3.63, 3.8) is 0 Å². The second-order valence-corrected chi connectivity index (χ2v) is 7.37. The molecule has 0 amide bonds. The summed E-state index contributed by atoms with van der Waals surface area (Å²) < 4.78 is 27.9. The standard InChI is InChI=1S/C17H19NO2S/c1-12-7-9-15(11-13(12)2)21(19,20)18-17-10-8-14-5-3-4-6-16(14)17/h3-7,9,11,17-18H,8,10H2,1-2H3/t17-/m0/s1. The van der Waals surface area contributed by atoms with Gasteiger partial charge in [-0.2, -0.15) is 0 Å². The van der Waals surface area contributed by atoms with Gasteiger partial charge in [-0.25, -0.2) is 13.1 Å². The molecule has 1 aliphatic rings. The first kappa shape index (κ1) is 14.3. The van der Waals surface area contributed by atoms with E-state index in [9.17, 15) is 8.42 Å². The molecule has 3 nitrogen and oxygen atoms in total. The number of hydrogen-bond acceptors (Lipinski definition) is 2. The molecule has 1 atom stereocenters. The minimum atomic E-state index is -3.48. The zero-order chi connectivity index (χ0) is 15.0. The zero-order valence-electron chi connectivity index (χ0n) is 12.3. The summed E-state index contributed by atoms with van der Waals surface area (Å²) in [5, 5.41) is 0. The number of nitrogens with one attached hydrogen (secondary N) is 1. The van der Waals surface area contributed by atoms with Crippen molar-refractivity contribution in [1.29, 1.82) is 0 Å². The molecule has 0 bridgehead atoms. The highest BCUT2D eigenvalue weighted by molar-refractivity contribution is 7.89.